The zero-order valence-electron chi connectivity index (χ0n) is 16.2. The summed E-state index contributed by atoms with van der Waals surface area (Å²) in [4.78, 5) is 35.7. The van der Waals surface area contributed by atoms with Gasteiger partial charge in [0.05, 0.1) is 10.3 Å². The third-order valence-corrected chi connectivity index (χ3v) is 6.16. The van der Waals surface area contributed by atoms with Gasteiger partial charge in [-0.05, 0) is 49.5 Å². The van der Waals surface area contributed by atoms with Gasteiger partial charge in [-0.1, -0.05) is 35.9 Å². The molecule has 0 fully saturated rings. The van der Waals surface area contributed by atoms with Gasteiger partial charge >= 0.3 is 0 Å². The lowest BCUT2D eigenvalue weighted by atomic mass is 9.66. The minimum absolute atomic E-state index is 0.0148. The Morgan fingerprint density at radius 2 is 1.83 bits per heavy atom. The van der Waals surface area contributed by atoms with E-state index in [-0.39, 0.29) is 23.3 Å². The molecule has 1 aliphatic heterocycles. The summed E-state index contributed by atoms with van der Waals surface area (Å²) in [5, 5.41) is 14.0. The molecule has 0 radical (unpaired) electrons. The zero-order valence-corrected chi connectivity index (χ0v) is 16.2. The summed E-state index contributed by atoms with van der Waals surface area (Å²) in [6, 6.07) is 14.0. The number of benzene rings is 2. The Hall–Kier alpha value is -3.28. The highest BCUT2D eigenvalue weighted by Crippen LogP contribution is 2.50. The van der Waals surface area contributed by atoms with Gasteiger partial charge in [-0.15, -0.1) is 0 Å². The number of nitro groups is 1. The molecule has 2 aromatic rings. The number of non-ortho nitro benzene ring substituents is 1. The third kappa shape index (κ3) is 3.35. The van der Waals surface area contributed by atoms with E-state index in [1.165, 1.54) is 12.1 Å². The van der Waals surface area contributed by atoms with Crippen molar-refractivity contribution < 1.29 is 14.5 Å². The highest BCUT2D eigenvalue weighted by atomic mass is 16.6. The quantitative estimate of drug-likeness (QED) is 0.594. The van der Waals surface area contributed by atoms with Gasteiger partial charge < -0.3 is 5.32 Å². The Balaban J connectivity index is 1.81. The number of carbonyl (C=O) groups is 2. The van der Waals surface area contributed by atoms with Gasteiger partial charge in [0.1, 0.15) is 0 Å². The predicted molar refractivity (Wildman–Crippen MR) is 110 cm³/mol. The second-order valence-corrected chi connectivity index (χ2v) is 7.93. The first-order valence-corrected chi connectivity index (χ1v) is 9.77. The van der Waals surface area contributed by atoms with E-state index in [0.29, 0.717) is 12.8 Å². The zero-order chi connectivity index (χ0) is 20.6. The molecule has 2 atom stereocenters. The van der Waals surface area contributed by atoms with Crippen LogP contribution in [0.2, 0.25) is 0 Å². The summed E-state index contributed by atoms with van der Waals surface area (Å²) < 4.78 is 0. The Bertz CT molecular complexity index is 1030. The SMILES string of the molecule is C[C@@]1([C@@H](CC2=CC(=O)CCC2)c2ccc([N+](=O)[O-])cc2)C(=O)Nc2ccccc21. The van der Waals surface area contributed by atoms with Crippen LogP contribution in [0.5, 0.6) is 0 Å². The van der Waals surface area contributed by atoms with Crippen molar-refractivity contribution >= 4 is 23.1 Å². The van der Waals surface area contributed by atoms with Crippen LogP contribution in [-0.2, 0) is 15.0 Å². The number of ketones is 1. The van der Waals surface area contributed by atoms with Crippen molar-refractivity contribution in [2.45, 2.75) is 43.9 Å². The number of nitrogens with one attached hydrogen (secondary N) is 1. The number of anilines is 1. The van der Waals surface area contributed by atoms with Gasteiger partial charge in [0.2, 0.25) is 5.91 Å². The number of allylic oxidation sites excluding steroid dienone is 2. The second kappa shape index (κ2) is 7.28. The summed E-state index contributed by atoms with van der Waals surface area (Å²) in [6.45, 7) is 1.92. The molecule has 0 spiro atoms. The Morgan fingerprint density at radius 1 is 1.10 bits per heavy atom. The van der Waals surface area contributed by atoms with E-state index in [2.05, 4.69) is 5.32 Å². The van der Waals surface area contributed by atoms with E-state index in [0.717, 1.165) is 35.2 Å². The molecule has 0 aromatic heterocycles. The van der Waals surface area contributed by atoms with Crippen LogP contribution in [0.4, 0.5) is 11.4 Å². The number of hydrogen-bond acceptors (Lipinski definition) is 4. The van der Waals surface area contributed by atoms with Gasteiger partial charge in [-0.3, -0.25) is 19.7 Å². The maximum Gasteiger partial charge on any atom is 0.269 e. The maximum atomic E-state index is 13.1. The minimum atomic E-state index is -0.839. The standard InChI is InChI=1S/C23H22N2O4/c1-23(19-7-2-3-8-21(19)24-22(23)27)20(14-15-5-4-6-18(26)13-15)16-9-11-17(12-10-16)25(28)29/h2-3,7-13,20H,4-6,14H2,1H3,(H,24,27)/t20-,23+/m0/s1. The summed E-state index contributed by atoms with van der Waals surface area (Å²) >= 11 is 0. The maximum absolute atomic E-state index is 13.1. The van der Waals surface area contributed by atoms with Crippen LogP contribution >= 0.6 is 0 Å². The summed E-state index contributed by atoms with van der Waals surface area (Å²) in [7, 11) is 0. The number of hydrogen-bond donors (Lipinski definition) is 1. The van der Waals surface area contributed by atoms with Crippen LogP contribution in [0.15, 0.2) is 60.2 Å². The highest BCUT2D eigenvalue weighted by Gasteiger charge is 2.49. The molecule has 0 saturated heterocycles. The van der Waals surface area contributed by atoms with Crippen LogP contribution in [0, 0.1) is 10.1 Å². The molecule has 1 N–H and O–H groups in total. The van der Waals surface area contributed by atoms with Crippen LogP contribution in [0.1, 0.15) is 49.7 Å². The van der Waals surface area contributed by atoms with E-state index >= 15 is 0 Å². The second-order valence-electron chi connectivity index (χ2n) is 7.93. The lowest BCUT2D eigenvalue weighted by Gasteiger charge is -2.34. The Morgan fingerprint density at radius 3 is 2.52 bits per heavy atom. The first kappa shape index (κ1) is 19.1. The smallest absolute Gasteiger partial charge is 0.269 e. The average molecular weight is 390 g/mol. The van der Waals surface area contributed by atoms with E-state index in [4.69, 9.17) is 0 Å². The van der Waals surface area contributed by atoms with Crippen molar-refractivity contribution in [2.75, 3.05) is 5.32 Å². The molecule has 0 unspecified atom stereocenters. The van der Waals surface area contributed by atoms with E-state index in [1.807, 2.05) is 31.2 Å². The number of nitro benzene ring substituents is 1. The van der Waals surface area contributed by atoms with Gasteiger partial charge in [0, 0.05) is 30.2 Å². The largest absolute Gasteiger partial charge is 0.325 e. The molecule has 1 aliphatic carbocycles. The number of fused-ring (bicyclic) bond motifs is 1. The van der Waals surface area contributed by atoms with Crippen molar-refractivity contribution in [1.82, 2.24) is 0 Å². The third-order valence-electron chi connectivity index (χ3n) is 6.16. The fraction of sp³-hybridized carbons (Fsp3) is 0.304. The van der Waals surface area contributed by atoms with E-state index in [9.17, 15) is 19.7 Å². The Kier molecular flexibility index (Phi) is 4.78. The molecule has 4 rings (SSSR count). The molecule has 2 aromatic carbocycles. The van der Waals surface area contributed by atoms with E-state index < -0.39 is 10.3 Å². The van der Waals surface area contributed by atoms with Crippen molar-refractivity contribution in [3.8, 4) is 0 Å². The molecule has 0 bridgehead atoms. The fourth-order valence-corrected chi connectivity index (χ4v) is 4.53. The molecule has 29 heavy (non-hydrogen) atoms. The molecule has 1 amide bonds. The normalized spacial score (nSPS) is 21.9. The van der Waals surface area contributed by atoms with Crippen molar-refractivity contribution in [3.63, 3.8) is 0 Å². The minimum Gasteiger partial charge on any atom is -0.325 e. The molecular weight excluding hydrogens is 368 g/mol. The van der Waals surface area contributed by atoms with E-state index in [1.54, 1.807) is 18.2 Å². The molecule has 1 heterocycles. The van der Waals surface area contributed by atoms with Crippen molar-refractivity contribution in [3.05, 3.63) is 81.4 Å². The molecule has 6 heteroatoms. The summed E-state index contributed by atoms with van der Waals surface area (Å²) in [6.07, 6.45) is 4.48. The molecular formula is C23H22N2O4. The molecule has 2 aliphatic rings. The van der Waals surface area contributed by atoms with Gasteiger partial charge in [-0.25, -0.2) is 0 Å². The number of carbonyl (C=O) groups excluding carboxylic acids is 2. The fourth-order valence-electron chi connectivity index (χ4n) is 4.53. The van der Waals surface area contributed by atoms with Crippen LogP contribution < -0.4 is 5.32 Å². The summed E-state index contributed by atoms with van der Waals surface area (Å²) in [5.41, 5.74) is 2.76. The molecule has 0 saturated carbocycles. The van der Waals surface area contributed by atoms with Gasteiger partial charge in [0.15, 0.2) is 5.78 Å². The number of nitrogens with zero attached hydrogens (tertiary/aromatic N) is 1. The van der Waals surface area contributed by atoms with Crippen molar-refractivity contribution in [2.24, 2.45) is 0 Å². The van der Waals surface area contributed by atoms with Crippen molar-refractivity contribution in [1.29, 1.82) is 0 Å². The van der Waals surface area contributed by atoms with Crippen LogP contribution in [0.3, 0.4) is 0 Å². The first-order valence-electron chi connectivity index (χ1n) is 9.77. The van der Waals surface area contributed by atoms with Gasteiger partial charge in [-0.2, -0.15) is 0 Å². The number of amides is 1. The van der Waals surface area contributed by atoms with Gasteiger partial charge in [0.25, 0.3) is 5.69 Å². The number of rotatable bonds is 5. The number of para-hydroxylation sites is 1. The Labute approximate surface area is 168 Å². The lowest BCUT2D eigenvalue weighted by molar-refractivity contribution is -0.384. The first-order chi connectivity index (χ1) is 13.9. The van der Waals surface area contributed by atoms with Crippen LogP contribution in [-0.4, -0.2) is 16.6 Å². The highest BCUT2D eigenvalue weighted by molar-refractivity contribution is 6.06. The average Bonchev–Trinajstić information content (AvgIpc) is 2.97. The molecule has 6 nitrogen and oxygen atoms in total. The lowest BCUT2D eigenvalue weighted by Crippen LogP contribution is -2.38. The monoisotopic (exact) mass is 390 g/mol. The summed E-state index contributed by atoms with van der Waals surface area (Å²) in [5.74, 6) is -0.219. The topological polar surface area (TPSA) is 89.3 Å². The molecule has 148 valence electrons. The predicted octanol–water partition coefficient (Wildman–Crippen LogP) is 4.66. The van der Waals surface area contributed by atoms with Crippen LogP contribution in [0.25, 0.3) is 0 Å².